The standard InChI is InChI=1S/C13H23N3O5/c1-9(18)16(4)7-12(20)14-10(11(19)8-17)5-6-13(21)15(2)3/h10,17H,5-8H2,1-4H3,(H,14,20)/t10-/m0/s1. The number of nitrogens with zero attached hydrogens (tertiary/aromatic N) is 2. The fourth-order valence-corrected chi connectivity index (χ4v) is 1.48. The second-order valence-electron chi connectivity index (χ2n) is 4.95. The van der Waals surface area contributed by atoms with E-state index >= 15 is 0 Å². The number of hydrogen-bond acceptors (Lipinski definition) is 5. The number of carbonyl (C=O) groups is 4. The van der Waals surface area contributed by atoms with Crippen molar-refractivity contribution in [2.75, 3.05) is 34.3 Å². The van der Waals surface area contributed by atoms with Crippen LogP contribution in [-0.4, -0.2) is 78.7 Å². The van der Waals surface area contributed by atoms with Crippen LogP contribution in [0.25, 0.3) is 0 Å². The van der Waals surface area contributed by atoms with Crippen molar-refractivity contribution in [3.05, 3.63) is 0 Å². The molecule has 0 aromatic rings. The SMILES string of the molecule is CC(=O)N(C)CC(=O)N[C@@H](CCC(=O)N(C)C)C(=O)CO. The second kappa shape index (κ2) is 9.06. The van der Waals surface area contributed by atoms with Crippen LogP contribution < -0.4 is 5.32 Å². The molecule has 0 saturated heterocycles. The average molecular weight is 301 g/mol. The molecule has 0 unspecified atom stereocenters. The van der Waals surface area contributed by atoms with Crippen LogP contribution in [0.5, 0.6) is 0 Å². The first kappa shape index (κ1) is 19.0. The molecule has 0 heterocycles. The Hall–Kier alpha value is -1.96. The summed E-state index contributed by atoms with van der Waals surface area (Å²) in [7, 11) is 4.64. The van der Waals surface area contributed by atoms with Gasteiger partial charge >= 0.3 is 0 Å². The van der Waals surface area contributed by atoms with Crippen LogP contribution >= 0.6 is 0 Å². The Morgan fingerprint density at radius 2 is 1.71 bits per heavy atom. The van der Waals surface area contributed by atoms with E-state index in [4.69, 9.17) is 5.11 Å². The van der Waals surface area contributed by atoms with Crippen LogP contribution in [0.3, 0.4) is 0 Å². The summed E-state index contributed by atoms with van der Waals surface area (Å²) in [6.07, 6.45) is 0.179. The number of Topliss-reactive ketones (excluding diaryl/α,β-unsaturated/α-hetero) is 1. The first-order valence-corrected chi connectivity index (χ1v) is 6.53. The van der Waals surface area contributed by atoms with Crippen molar-refractivity contribution >= 4 is 23.5 Å². The Bertz CT molecular complexity index is 409. The molecule has 0 aliphatic heterocycles. The number of aliphatic hydroxyl groups excluding tert-OH is 1. The van der Waals surface area contributed by atoms with Crippen LogP contribution in [0.15, 0.2) is 0 Å². The number of aliphatic hydroxyl groups is 1. The Morgan fingerprint density at radius 3 is 2.14 bits per heavy atom. The number of rotatable bonds is 8. The van der Waals surface area contributed by atoms with Crippen molar-refractivity contribution in [2.45, 2.75) is 25.8 Å². The summed E-state index contributed by atoms with van der Waals surface area (Å²) in [5.41, 5.74) is 0. The van der Waals surface area contributed by atoms with Crippen LogP contribution in [0.4, 0.5) is 0 Å². The fraction of sp³-hybridized carbons (Fsp3) is 0.692. The van der Waals surface area contributed by atoms with E-state index in [0.29, 0.717) is 0 Å². The molecule has 120 valence electrons. The summed E-state index contributed by atoms with van der Waals surface area (Å²) in [6, 6.07) is -0.938. The van der Waals surface area contributed by atoms with Gasteiger partial charge in [0.05, 0.1) is 12.6 Å². The zero-order chi connectivity index (χ0) is 16.6. The van der Waals surface area contributed by atoms with Gasteiger partial charge in [-0.05, 0) is 6.42 Å². The van der Waals surface area contributed by atoms with Crippen LogP contribution in [-0.2, 0) is 19.2 Å². The molecule has 0 fully saturated rings. The molecule has 0 aromatic heterocycles. The number of likely N-dealkylation sites (N-methyl/N-ethyl adjacent to an activating group) is 1. The summed E-state index contributed by atoms with van der Waals surface area (Å²) in [5, 5.41) is 11.3. The first-order valence-electron chi connectivity index (χ1n) is 6.53. The predicted octanol–water partition coefficient (Wildman–Crippen LogP) is -1.62. The largest absolute Gasteiger partial charge is 0.389 e. The second-order valence-corrected chi connectivity index (χ2v) is 4.95. The molecule has 3 amide bonds. The van der Waals surface area contributed by atoms with Crippen LogP contribution in [0, 0.1) is 0 Å². The maximum atomic E-state index is 11.7. The third-order valence-electron chi connectivity index (χ3n) is 2.94. The Balaban J connectivity index is 4.56. The molecule has 0 aliphatic carbocycles. The number of amides is 3. The number of ketones is 1. The van der Waals surface area contributed by atoms with E-state index in [-0.39, 0.29) is 31.2 Å². The molecule has 0 radical (unpaired) electrons. The first-order chi connectivity index (χ1) is 9.68. The lowest BCUT2D eigenvalue weighted by atomic mass is 10.1. The molecule has 1 atom stereocenters. The predicted molar refractivity (Wildman–Crippen MR) is 75.3 cm³/mol. The molecule has 0 rings (SSSR count). The highest BCUT2D eigenvalue weighted by Gasteiger charge is 2.22. The van der Waals surface area contributed by atoms with Gasteiger partial charge in [-0.15, -0.1) is 0 Å². The van der Waals surface area contributed by atoms with Crippen molar-refractivity contribution in [3.63, 3.8) is 0 Å². The van der Waals surface area contributed by atoms with E-state index < -0.39 is 24.3 Å². The van der Waals surface area contributed by atoms with E-state index in [0.717, 1.165) is 0 Å². The summed E-state index contributed by atoms with van der Waals surface area (Å²) in [4.78, 5) is 48.4. The molecular weight excluding hydrogens is 278 g/mol. The summed E-state index contributed by atoms with van der Waals surface area (Å²) >= 11 is 0. The average Bonchev–Trinajstić information content (AvgIpc) is 2.41. The molecule has 0 saturated carbocycles. The molecule has 0 spiro atoms. The van der Waals surface area contributed by atoms with Gasteiger partial charge in [-0.2, -0.15) is 0 Å². The zero-order valence-electron chi connectivity index (χ0n) is 12.9. The van der Waals surface area contributed by atoms with Gasteiger partial charge in [-0.25, -0.2) is 0 Å². The lowest BCUT2D eigenvalue weighted by Gasteiger charge is -2.20. The van der Waals surface area contributed by atoms with Gasteiger partial charge in [0.25, 0.3) is 0 Å². The minimum Gasteiger partial charge on any atom is -0.389 e. The molecule has 21 heavy (non-hydrogen) atoms. The van der Waals surface area contributed by atoms with E-state index in [1.165, 1.54) is 23.8 Å². The van der Waals surface area contributed by atoms with Gasteiger partial charge in [0.1, 0.15) is 6.61 Å². The Kier molecular flexibility index (Phi) is 8.22. The van der Waals surface area contributed by atoms with Gasteiger partial charge < -0.3 is 20.2 Å². The zero-order valence-corrected chi connectivity index (χ0v) is 12.9. The van der Waals surface area contributed by atoms with Gasteiger partial charge in [-0.3, -0.25) is 19.2 Å². The molecule has 0 aliphatic rings. The minimum absolute atomic E-state index is 0.0756. The van der Waals surface area contributed by atoms with Crippen molar-refractivity contribution in [1.29, 1.82) is 0 Å². The fourth-order valence-electron chi connectivity index (χ4n) is 1.48. The highest BCUT2D eigenvalue weighted by molar-refractivity contribution is 5.91. The topological polar surface area (TPSA) is 107 Å². The number of hydrogen-bond donors (Lipinski definition) is 2. The van der Waals surface area contributed by atoms with E-state index in [9.17, 15) is 19.2 Å². The molecule has 2 N–H and O–H groups in total. The van der Waals surface area contributed by atoms with Crippen molar-refractivity contribution < 1.29 is 24.3 Å². The van der Waals surface area contributed by atoms with Crippen molar-refractivity contribution in [3.8, 4) is 0 Å². The van der Waals surface area contributed by atoms with Crippen LogP contribution in [0.2, 0.25) is 0 Å². The quantitative estimate of drug-likeness (QED) is 0.560. The van der Waals surface area contributed by atoms with Crippen molar-refractivity contribution in [2.24, 2.45) is 0 Å². The molecular formula is C13H23N3O5. The van der Waals surface area contributed by atoms with Gasteiger partial charge in [0.15, 0.2) is 5.78 Å². The van der Waals surface area contributed by atoms with E-state index in [2.05, 4.69) is 5.32 Å². The molecule has 8 nitrogen and oxygen atoms in total. The van der Waals surface area contributed by atoms with Gasteiger partial charge in [0, 0.05) is 34.5 Å². The summed E-state index contributed by atoms with van der Waals surface area (Å²) < 4.78 is 0. The maximum absolute atomic E-state index is 11.7. The molecule has 0 bridgehead atoms. The Labute approximate surface area is 124 Å². The summed E-state index contributed by atoms with van der Waals surface area (Å²) in [5.74, 6) is -1.55. The van der Waals surface area contributed by atoms with E-state index in [1.54, 1.807) is 14.1 Å². The molecule has 0 aromatic carbocycles. The third-order valence-corrected chi connectivity index (χ3v) is 2.94. The van der Waals surface area contributed by atoms with Crippen LogP contribution in [0.1, 0.15) is 19.8 Å². The Morgan fingerprint density at radius 1 is 1.14 bits per heavy atom. The van der Waals surface area contributed by atoms with E-state index in [1.807, 2.05) is 0 Å². The number of nitrogens with one attached hydrogen (secondary N) is 1. The highest BCUT2D eigenvalue weighted by Crippen LogP contribution is 2.02. The maximum Gasteiger partial charge on any atom is 0.240 e. The smallest absolute Gasteiger partial charge is 0.240 e. The lowest BCUT2D eigenvalue weighted by molar-refractivity contribution is -0.135. The summed E-state index contributed by atoms with van der Waals surface area (Å²) in [6.45, 7) is 0.412. The lowest BCUT2D eigenvalue weighted by Crippen LogP contribution is -2.46. The monoisotopic (exact) mass is 301 g/mol. The molecule has 8 heteroatoms. The highest BCUT2D eigenvalue weighted by atomic mass is 16.3. The van der Waals surface area contributed by atoms with Gasteiger partial charge in [0.2, 0.25) is 17.7 Å². The van der Waals surface area contributed by atoms with Crippen molar-refractivity contribution in [1.82, 2.24) is 15.1 Å². The minimum atomic E-state index is -0.938. The third kappa shape index (κ3) is 7.40. The van der Waals surface area contributed by atoms with Gasteiger partial charge in [-0.1, -0.05) is 0 Å². The number of carbonyl (C=O) groups excluding carboxylic acids is 4. The normalized spacial score (nSPS) is 11.5.